The number of hydrogen-bond acceptors (Lipinski definition) is 6. The summed E-state index contributed by atoms with van der Waals surface area (Å²) in [5.41, 5.74) is 2.04. The van der Waals surface area contributed by atoms with E-state index in [9.17, 15) is 4.79 Å². The maximum atomic E-state index is 12.5. The first kappa shape index (κ1) is 17.3. The van der Waals surface area contributed by atoms with Crippen LogP contribution in [0, 0.1) is 0 Å². The number of benzene rings is 1. The van der Waals surface area contributed by atoms with Crippen molar-refractivity contribution in [3.05, 3.63) is 47.8 Å². The molecule has 0 saturated carbocycles. The van der Waals surface area contributed by atoms with Gasteiger partial charge in [-0.05, 0) is 12.1 Å². The monoisotopic (exact) mass is 370 g/mol. The summed E-state index contributed by atoms with van der Waals surface area (Å²) < 4.78 is 5.38. The van der Waals surface area contributed by atoms with E-state index < -0.39 is 0 Å². The van der Waals surface area contributed by atoms with Crippen LogP contribution < -0.4 is 4.90 Å². The molecule has 1 aromatic heterocycles. The number of amides is 1. The first-order valence-electron chi connectivity index (χ1n) is 8.93. The normalized spacial score (nSPS) is 16.6. The standard InChI is InChI=1S/C19H22N4O2S/c24-18(6-11-26-16-4-2-1-3-5-16)23-13-15-12-20-19(21-17(15)14-23)22-7-9-25-10-8-22/h1-5,12H,6-11,13-14H2. The highest BCUT2D eigenvalue weighted by Gasteiger charge is 2.26. The number of carbonyl (C=O) groups excluding carboxylic acids is 1. The van der Waals surface area contributed by atoms with Gasteiger partial charge in [-0.3, -0.25) is 4.79 Å². The predicted octanol–water partition coefficient (Wildman–Crippen LogP) is 2.34. The van der Waals surface area contributed by atoms with Crippen molar-refractivity contribution in [3.8, 4) is 0 Å². The van der Waals surface area contributed by atoms with Crippen LogP contribution in [0.5, 0.6) is 0 Å². The fourth-order valence-corrected chi connectivity index (χ4v) is 4.03. The van der Waals surface area contributed by atoms with Gasteiger partial charge < -0.3 is 14.5 Å². The molecule has 2 aliphatic heterocycles. The molecule has 6 nitrogen and oxygen atoms in total. The first-order valence-corrected chi connectivity index (χ1v) is 9.91. The van der Waals surface area contributed by atoms with Crippen LogP contribution in [-0.4, -0.2) is 52.8 Å². The lowest BCUT2D eigenvalue weighted by molar-refractivity contribution is -0.131. The van der Waals surface area contributed by atoms with E-state index in [-0.39, 0.29) is 5.91 Å². The van der Waals surface area contributed by atoms with Crippen LogP contribution >= 0.6 is 11.8 Å². The molecule has 1 saturated heterocycles. The number of fused-ring (bicyclic) bond motifs is 1. The summed E-state index contributed by atoms with van der Waals surface area (Å²) in [4.78, 5) is 26.9. The molecule has 2 aliphatic rings. The fourth-order valence-electron chi connectivity index (χ4n) is 3.17. The molecule has 2 aromatic rings. The molecule has 0 bridgehead atoms. The molecule has 136 valence electrons. The fraction of sp³-hybridized carbons (Fsp3) is 0.421. The SMILES string of the molecule is O=C(CCSc1ccccc1)N1Cc2cnc(N3CCOCC3)nc2C1. The smallest absolute Gasteiger partial charge is 0.225 e. The Kier molecular flexibility index (Phi) is 5.36. The molecule has 1 amide bonds. The number of anilines is 1. The highest BCUT2D eigenvalue weighted by atomic mass is 32.2. The molecule has 1 fully saturated rings. The molecule has 26 heavy (non-hydrogen) atoms. The third-order valence-corrected chi connectivity index (χ3v) is 5.63. The van der Waals surface area contributed by atoms with Gasteiger partial charge in [0.15, 0.2) is 0 Å². The third-order valence-electron chi connectivity index (χ3n) is 4.62. The van der Waals surface area contributed by atoms with E-state index in [1.165, 1.54) is 4.90 Å². The van der Waals surface area contributed by atoms with E-state index in [2.05, 4.69) is 22.0 Å². The molecule has 0 unspecified atom stereocenters. The predicted molar refractivity (Wildman–Crippen MR) is 101 cm³/mol. The lowest BCUT2D eigenvalue weighted by Gasteiger charge is -2.26. The highest BCUT2D eigenvalue weighted by molar-refractivity contribution is 7.99. The lowest BCUT2D eigenvalue weighted by atomic mass is 10.3. The molecule has 7 heteroatoms. The summed E-state index contributed by atoms with van der Waals surface area (Å²) in [6.45, 7) is 4.27. The maximum Gasteiger partial charge on any atom is 0.225 e. The van der Waals surface area contributed by atoms with Gasteiger partial charge in [0, 0.05) is 48.5 Å². The zero-order chi connectivity index (χ0) is 17.8. The minimum absolute atomic E-state index is 0.180. The van der Waals surface area contributed by atoms with Crippen molar-refractivity contribution >= 4 is 23.6 Å². The second-order valence-corrected chi connectivity index (χ2v) is 7.57. The van der Waals surface area contributed by atoms with Gasteiger partial charge in [0.05, 0.1) is 25.5 Å². The quantitative estimate of drug-likeness (QED) is 0.753. The molecule has 0 aliphatic carbocycles. The Hall–Kier alpha value is -2.12. The van der Waals surface area contributed by atoms with Crippen molar-refractivity contribution in [1.82, 2.24) is 14.9 Å². The van der Waals surface area contributed by atoms with Crippen LogP contribution in [0.2, 0.25) is 0 Å². The van der Waals surface area contributed by atoms with Gasteiger partial charge in [-0.2, -0.15) is 0 Å². The van der Waals surface area contributed by atoms with E-state index in [1.807, 2.05) is 29.3 Å². The molecule has 3 heterocycles. The molecule has 1 aromatic carbocycles. The minimum atomic E-state index is 0.180. The Morgan fingerprint density at radius 2 is 1.96 bits per heavy atom. The van der Waals surface area contributed by atoms with Crippen molar-refractivity contribution in [2.24, 2.45) is 0 Å². The number of aromatic nitrogens is 2. The molecule has 4 rings (SSSR count). The van der Waals surface area contributed by atoms with Gasteiger partial charge in [-0.1, -0.05) is 18.2 Å². The van der Waals surface area contributed by atoms with Crippen molar-refractivity contribution in [2.75, 3.05) is 37.0 Å². The Bertz CT molecular complexity index is 765. The lowest BCUT2D eigenvalue weighted by Crippen LogP contribution is -2.37. The van der Waals surface area contributed by atoms with Crippen LogP contribution in [0.3, 0.4) is 0 Å². The van der Waals surface area contributed by atoms with E-state index in [0.29, 0.717) is 32.7 Å². The average molecular weight is 370 g/mol. The number of ether oxygens (including phenoxy) is 1. The maximum absolute atomic E-state index is 12.5. The van der Waals surface area contributed by atoms with E-state index in [1.54, 1.807) is 11.8 Å². The van der Waals surface area contributed by atoms with E-state index in [0.717, 1.165) is 36.0 Å². The number of rotatable bonds is 5. The number of carbonyl (C=O) groups is 1. The van der Waals surface area contributed by atoms with Crippen LogP contribution in [0.25, 0.3) is 0 Å². The molecular formula is C19H22N4O2S. The van der Waals surface area contributed by atoms with Crippen LogP contribution in [0.4, 0.5) is 5.95 Å². The van der Waals surface area contributed by atoms with Gasteiger partial charge >= 0.3 is 0 Å². The summed E-state index contributed by atoms with van der Waals surface area (Å²) in [5, 5.41) is 0. The zero-order valence-corrected chi connectivity index (χ0v) is 15.5. The Morgan fingerprint density at radius 1 is 1.15 bits per heavy atom. The average Bonchev–Trinajstić information content (AvgIpc) is 3.13. The Labute approximate surface area is 157 Å². The summed E-state index contributed by atoms with van der Waals surface area (Å²) in [5.74, 6) is 1.72. The molecule has 0 N–H and O–H groups in total. The number of nitrogens with zero attached hydrogens (tertiary/aromatic N) is 4. The van der Waals surface area contributed by atoms with Crippen molar-refractivity contribution < 1.29 is 9.53 Å². The second kappa shape index (κ2) is 8.05. The summed E-state index contributed by atoms with van der Waals surface area (Å²) in [6.07, 6.45) is 2.41. The van der Waals surface area contributed by atoms with E-state index >= 15 is 0 Å². The first-order chi connectivity index (χ1) is 12.8. The van der Waals surface area contributed by atoms with Gasteiger partial charge in [0.25, 0.3) is 0 Å². The van der Waals surface area contributed by atoms with E-state index in [4.69, 9.17) is 9.72 Å². The third kappa shape index (κ3) is 3.99. The van der Waals surface area contributed by atoms with Crippen LogP contribution in [0.15, 0.2) is 41.4 Å². The van der Waals surface area contributed by atoms with Crippen molar-refractivity contribution in [2.45, 2.75) is 24.4 Å². The minimum Gasteiger partial charge on any atom is -0.378 e. The van der Waals surface area contributed by atoms with Gasteiger partial charge in [0.2, 0.25) is 11.9 Å². The largest absolute Gasteiger partial charge is 0.378 e. The highest BCUT2D eigenvalue weighted by Crippen LogP contribution is 2.24. The molecule has 0 spiro atoms. The Morgan fingerprint density at radius 3 is 2.77 bits per heavy atom. The topological polar surface area (TPSA) is 58.6 Å². The molecule has 0 atom stereocenters. The zero-order valence-electron chi connectivity index (χ0n) is 14.6. The number of hydrogen-bond donors (Lipinski definition) is 0. The van der Waals surface area contributed by atoms with Crippen LogP contribution in [-0.2, 0) is 22.6 Å². The van der Waals surface area contributed by atoms with Crippen LogP contribution in [0.1, 0.15) is 17.7 Å². The summed E-state index contributed by atoms with van der Waals surface area (Å²) in [7, 11) is 0. The summed E-state index contributed by atoms with van der Waals surface area (Å²) in [6, 6.07) is 10.2. The summed E-state index contributed by atoms with van der Waals surface area (Å²) >= 11 is 1.72. The van der Waals surface area contributed by atoms with Gasteiger partial charge in [0.1, 0.15) is 0 Å². The molecular weight excluding hydrogens is 348 g/mol. The number of thioether (sulfide) groups is 1. The molecule has 0 radical (unpaired) electrons. The second-order valence-electron chi connectivity index (χ2n) is 6.40. The van der Waals surface area contributed by atoms with Crippen molar-refractivity contribution in [1.29, 1.82) is 0 Å². The van der Waals surface area contributed by atoms with Crippen molar-refractivity contribution in [3.63, 3.8) is 0 Å². The number of morpholine rings is 1. The van der Waals surface area contributed by atoms with Gasteiger partial charge in [-0.15, -0.1) is 11.8 Å². The Balaban J connectivity index is 1.32. The van der Waals surface area contributed by atoms with Gasteiger partial charge in [-0.25, -0.2) is 9.97 Å².